The standard InChI is InChI=1S/C22H27ClN2O3S/c1-5-22(2,3)11-6-7-13-16(8-11)29-21-17(13)20(27)24-19(25-21)14-9-12(23)10-15(28-4)18(14)26/h9-11,19,25-26H,5-8H2,1-4H3,(H,24,27)/t11-,19-/m0/s1. The Morgan fingerprint density at radius 2 is 2.10 bits per heavy atom. The minimum absolute atomic E-state index is 0.0239. The summed E-state index contributed by atoms with van der Waals surface area (Å²) in [4.78, 5) is 14.3. The van der Waals surface area contributed by atoms with Gasteiger partial charge in [0.1, 0.15) is 11.2 Å². The van der Waals surface area contributed by atoms with Crippen LogP contribution in [0.15, 0.2) is 12.1 Å². The lowest BCUT2D eigenvalue weighted by atomic mass is 9.69. The highest BCUT2D eigenvalue weighted by molar-refractivity contribution is 7.16. The largest absolute Gasteiger partial charge is 0.504 e. The summed E-state index contributed by atoms with van der Waals surface area (Å²) in [5.41, 5.74) is 2.74. The minimum atomic E-state index is -0.564. The van der Waals surface area contributed by atoms with Gasteiger partial charge in [-0.05, 0) is 42.2 Å². The van der Waals surface area contributed by atoms with E-state index in [0.29, 0.717) is 21.9 Å². The number of carbonyl (C=O) groups excluding carboxylic acids is 1. The number of amides is 1. The molecule has 3 N–H and O–H groups in total. The molecule has 1 aromatic carbocycles. The van der Waals surface area contributed by atoms with Crippen LogP contribution in [0.25, 0.3) is 0 Å². The number of methoxy groups -OCH3 is 1. The Kier molecular flexibility index (Phi) is 5.20. The van der Waals surface area contributed by atoms with Crippen molar-refractivity contribution in [3.8, 4) is 11.5 Å². The molecule has 2 aliphatic rings. The number of halogens is 1. The topological polar surface area (TPSA) is 70.6 Å². The smallest absolute Gasteiger partial charge is 0.256 e. The van der Waals surface area contributed by atoms with Gasteiger partial charge in [-0.3, -0.25) is 4.79 Å². The Morgan fingerprint density at radius 1 is 1.34 bits per heavy atom. The zero-order chi connectivity index (χ0) is 20.9. The van der Waals surface area contributed by atoms with Crippen LogP contribution in [0.4, 0.5) is 5.00 Å². The Hall–Kier alpha value is -1.92. The first-order valence-corrected chi connectivity index (χ1v) is 11.2. The number of anilines is 1. The molecule has 1 aliphatic carbocycles. The van der Waals surface area contributed by atoms with Crippen LogP contribution in [-0.4, -0.2) is 18.1 Å². The molecule has 2 aromatic rings. The maximum Gasteiger partial charge on any atom is 0.256 e. The third kappa shape index (κ3) is 3.46. The van der Waals surface area contributed by atoms with Gasteiger partial charge in [-0.15, -0.1) is 11.3 Å². The lowest BCUT2D eigenvalue weighted by Crippen LogP contribution is -2.38. The molecule has 4 rings (SSSR count). The van der Waals surface area contributed by atoms with Gasteiger partial charge < -0.3 is 20.5 Å². The number of ether oxygens (including phenoxy) is 1. The van der Waals surface area contributed by atoms with E-state index in [1.165, 1.54) is 17.6 Å². The molecular formula is C22H27ClN2O3S. The van der Waals surface area contributed by atoms with Crippen molar-refractivity contribution < 1.29 is 14.6 Å². The fraction of sp³-hybridized carbons (Fsp3) is 0.500. The molecule has 2 heterocycles. The van der Waals surface area contributed by atoms with Crippen LogP contribution in [0.5, 0.6) is 11.5 Å². The van der Waals surface area contributed by atoms with Crippen LogP contribution in [0, 0.1) is 11.3 Å². The molecule has 156 valence electrons. The molecule has 0 radical (unpaired) electrons. The van der Waals surface area contributed by atoms with E-state index in [1.54, 1.807) is 23.5 Å². The van der Waals surface area contributed by atoms with Crippen molar-refractivity contribution in [3.05, 3.63) is 38.7 Å². The number of phenolic OH excluding ortho intramolecular Hbond substituents is 1. The monoisotopic (exact) mass is 434 g/mol. The van der Waals surface area contributed by atoms with Crippen LogP contribution < -0.4 is 15.4 Å². The number of thiophene rings is 1. The molecule has 1 aliphatic heterocycles. The molecular weight excluding hydrogens is 408 g/mol. The lowest BCUT2D eigenvalue weighted by molar-refractivity contribution is 0.0934. The molecule has 5 nitrogen and oxygen atoms in total. The Balaban J connectivity index is 1.67. The number of nitrogens with one attached hydrogen (secondary N) is 2. The second-order valence-corrected chi connectivity index (χ2v) is 10.1. The molecule has 0 unspecified atom stereocenters. The minimum Gasteiger partial charge on any atom is -0.504 e. The Morgan fingerprint density at radius 3 is 2.79 bits per heavy atom. The van der Waals surface area contributed by atoms with Crippen molar-refractivity contribution in [2.45, 2.75) is 52.6 Å². The average Bonchev–Trinajstić information content (AvgIpc) is 3.07. The third-order valence-corrected chi connectivity index (χ3v) is 8.06. The van der Waals surface area contributed by atoms with E-state index in [-0.39, 0.29) is 17.4 Å². The van der Waals surface area contributed by atoms with Crippen LogP contribution in [0.3, 0.4) is 0 Å². The van der Waals surface area contributed by atoms with E-state index in [2.05, 4.69) is 31.4 Å². The van der Waals surface area contributed by atoms with Crippen molar-refractivity contribution in [2.24, 2.45) is 11.3 Å². The zero-order valence-corrected chi connectivity index (χ0v) is 18.8. The normalized spacial score (nSPS) is 21.1. The number of rotatable bonds is 4. The summed E-state index contributed by atoms with van der Waals surface area (Å²) in [6, 6.07) is 3.20. The van der Waals surface area contributed by atoms with Gasteiger partial charge in [0.15, 0.2) is 11.5 Å². The predicted octanol–water partition coefficient (Wildman–Crippen LogP) is 5.51. The van der Waals surface area contributed by atoms with Crippen LogP contribution >= 0.6 is 22.9 Å². The molecule has 0 fully saturated rings. The average molecular weight is 435 g/mol. The molecule has 1 amide bonds. The summed E-state index contributed by atoms with van der Waals surface area (Å²) in [7, 11) is 1.47. The van der Waals surface area contributed by atoms with Crippen molar-refractivity contribution >= 4 is 33.8 Å². The predicted molar refractivity (Wildman–Crippen MR) is 117 cm³/mol. The summed E-state index contributed by atoms with van der Waals surface area (Å²) in [5.74, 6) is 0.779. The molecule has 7 heteroatoms. The van der Waals surface area contributed by atoms with E-state index in [4.69, 9.17) is 16.3 Å². The first-order chi connectivity index (χ1) is 13.7. The fourth-order valence-electron chi connectivity index (χ4n) is 4.38. The third-order valence-electron chi connectivity index (χ3n) is 6.66. The van der Waals surface area contributed by atoms with Gasteiger partial charge in [-0.1, -0.05) is 38.8 Å². The number of carbonyl (C=O) groups is 1. The van der Waals surface area contributed by atoms with Crippen molar-refractivity contribution in [2.75, 3.05) is 12.4 Å². The summed E-state index contributed by atoms with van der Waals surface area (Å²) < 4.78 is 5.20. The number of hydrogen-bond acceptors (Lipinski definition) is 5. The molecule has 0 bridgehead atoms. The van der Waals surface area contributed by atoms with Crippen LogP contribution in [0.2, 0.25) is 5.02 Å². The van der Waals surface area contributed by atoms with E-state index >= 15 is 0 Å². The van der Waals surface area contributed by atoms with Gasteiger partial charge in [0.05, 0.1) is 12.7 Å². The van der Waals surface area contributed by atoms with Crippen molar-refractivity contribution in [1.82, 2.24) is 5.32 Å². The quantitative estimate of drug-likeness (QED) is 0.593. The fourth-order valence-corrected chi connectivity index (χ4v) is 5.95. The highest BCUT2D eigenvalue weighted by Gasteiger charge is 2.38. The summed E-state index contributed by atoms with van der Waals surface area (Å²) >= 11 is 7.86. The number of benzene rings is 1. The van der Waals surface area contributed by atoms with Gasteiger partial charge in [0.2, 0.25) is 0 Å². The highest BCUT2D eigenvalue weighted by Crippen LogP contribution is 2.48. The molecule has 29 heavy (non-hydrogen) atoms. The first kappa shape index (κ1) is 20.4. The van der Waals surface area contributed by atoms with Crippen LogP contribution in [-0.2, 0) is 12.8 Å². The second-order valence-electron chi connectivity index (χ2n) is 8.59. The van der Waals surface area contributed by atoms with E-state index in [9.17, 15) is 9.90 Å². The summed E-state index contributed by atoms with van der Waals surface area (Å²) in [6.45, 7) is 6.93. The Labute approximate surface area is 180 Å². The van der Waals surface area contributed by atoms with Crippen molar-refractivity contribution in [1.29, 1.82) is 0 Å². The summed E-state index contributed by atoms with van der Waals surface area (Å²) in [5, 5.41) is 18.2. The van der Waals surface area contributed by atoms with Gasteiger partial charge >= 0.3 is 0 Å². The number of fused-ring (bicyclic) bond motifs is 3. The van der Waals surface area contributed by atoms with Gasteiger partial charge in [0.25, 0.3) is 5.91 Å². The Bertz CT molecular complexity index is 969. The molecule has 0 saturated carbocycles. The van der Waals surface area contributed by atoms with Crippen LogP contribution in [0.1, 0.15) is 66.1 Å². The maximum absolute atomic E-state index is 13.0. The highest BCUT2D eigenvalue weighted by atomic mass is 35.5. The van der Waals surface area contributed by atoms with Gasteiger partial charge in [-0.2, -0.15) is 0 Å². The molecule has 2 atom stereocenters. The van der Waals surface area contributed by atoms with E-state index in [1.807, 2.05) is 0 Å². The number of aromatic hydroxyl groups is 1. The molecule has 1 aromatic heterocycles. The van der Waals surface area contributed by atoms with E-state index < -0.39 is 6.17 Å². The lowest BCUT2D eigenvalue weighted by Gasteiger charge is -2.36. The van der Waals surface area contributed by atoms with E-state index in [0.717, 1.165) is 36.2 Å². The number of phenols is 1. The molecule has 0 spiro atoms. The zero-order valence-electron chi connectivity index (χ0n) is 17.2. The number of hydrogen-bond donors (Lipinski definition) is 3. The summed E-state index contributed by atoms with van der Waals surface area (Å²) in [6.07, 6.45) is 3.65. The SMILES string of the molecule is CCC(C)(C)[C@H]1CCc2c(sc3c2C(=O)N[C@H](c2cc(Cl)cc(OC)c2O)N3)C1. The van der Waals surface area contributed by atoms with Gasteiger partial charge in [0, 0.05) is 21.5 Å². The van der Waals surface area contributed by atoms with Crippen molar-refractivity contribution in [3.63, 3.8) is 0 Å². The first-order valence-electron chi connectivity index (χ1n) is 10.0. The maximum atomic E-state index is 13.0. The molecule has 0 saturated heterocycles. The van der Waals surface area contributed by atoms with Gasteiger partial charge in [-0.25, -0.2) is 0 Å². The second kappa shape index (κ2) is 7.40.